The average molecular weight is 396 g/mol. The zero-order chi connectivity index (χ0) is 20.7. The lowest BCUT2D eigenvalue weighted by molar-refractivity contribution is -0.127. The Hall–Kier alpha value is -3.40. The highest BCUT2D eigenvalue weighted by Gasteiger charge is 2.35. The van der Waals surface area contributed by atoms with Gasteiger partial charge in [0.1, 0.15) is 0 Å². The van der Waals surface area contributed by atoms with E-state index >= 15 is 0 Å². The quantitative estimate of drug-likeness (QED) is 0.605. The van der Waals surface area contributed by atoms with Crippen molar-refractivity contribution < 1.29 is 9.59 Å². The maximum atomic E-state index is 13.2. The summed E-state index contributed by atoms with van der Waals surface area (Å²) in [6, 6.07) is 21.1. The standard InChI is InChI=1S/C26H24N2O2/c1-2-25(29)27-14-12-21(13-15-27)28-17-20-11-10-19(16-24(20)26(28)30)23-9-5-7-18-6-3-4-8-22(18)23/h2-11,16,21H,1,12-15,17H2. The Morgan fingerprint density at radius 3 is 2.53 bits per heavy atom. The van der Waals surface area contributed by atoms with Crippen LogP contribution in [0.1, 0.15) is 28.8 Å². The van der Waals surface area contributed by atoms with Crippen molar-refractivity contribution in [3.63, 3.8) is 0 Å². The summed E-state index contributed by atoms with van der Waals surface area (Å²) in [6.07, 6.45) is 3.00. The maximum absolute atomic E-state index is 13.2. The SMILES string of the molecule is C=CC(=O)N1CCC(N2Cc3ccc(-c4cccc5ccccc45)cc3C2=O)CC1. The van der Waals surface area contributed by atoms with Gasteiger partial charge < -0.3 is 9.80 Å². The molecular formula is C26H24N2O2. The van der Waals surface area contributed by atoms with Gasteiger partial charge in [-0.15, -0.1) is 0 Å². The van der Waals surface area contributed by atoms with Crippen LogP contribution in [0.5, 0.6) is 0 Å². The molecule has 0 spiro atoms. The number of hydrogen-bond donors (Lipinski definition) is 0. The molecular weight excluding hydrogens is 372 g/mol. The van der Waals surface area contributed by atoms with Gasteiger partial charge >= 0.3 is 0 Å². The minimum atomic E-state index is -0.0239. The molecule has 0 aromatic heterocycles. The normalized spacial score (nSPS) is 16.7. The number of carbonyl (C=O) groups excluding carboxylic acids is 2. The molecule has 1 saturated heterocycles. The minimum Gasteiger partial charge on any atom is -0.339 e. The van der Waals surface area contributed by atoms with E-state index in [1.807, 2.05) is 15.9 Å². The second kappa shape index (κ2) is 7.45. The molecule has 30 heavy (non-hydrogen) atoms. The van der Waals surface area contributed by atoms with Gasteiger partial charge in [-0.2, -0.15) is 0 Å². The van der Waals surface area contributed by atoms with Crippen LogP contribution in [0.4, 0.5) is 0 Å². The van der Waals surface area contributed by atoms with E-state index < -0.39 is 0 Å². The van der Waals surface area contributed by atoms with Crippen LogP contribution < -0.4 is 0 Å². The third kappa shape index (κ3) is 3.09. The van der Waals surface area contributed by atoms with Gasteiger partial charge in [-0.25, -0.2) is 0 Å². The second-order valence-electron chi connectivity index (χ2n) is 8.09. The molecule has 2 amide bonds. The summed E-state index contributed by atoms with van der Waals surface area (Å²) in [6.45, 7) is 5.58. The molecule has 0 saturated carbocycles. The van der Waals surface area contributed by atoms with Crippen molar-refractivity contribution in [3.8, 4) is 11.1 Å². The van der Waals surface area contributed by atoms with Crippen molar-refractivity contribution in [1.82, 2.24) is 9.80 Å². The van der Waals surface area contributed by atoms with Gasteiger partial charge in [0.25, 0.3) is 5.91 Å². The Labute approximate surface area is 176 Å². The Morgan fingerprint density at radius 2 is 1.73 bits per heavy atom. The first kappa shape index (κ1) is 18.6. The summed E-state index contributed by atoms with van der Waals surface area (Å²) in [5.41, 5.74) is 4.13. The van der Waals surface area contributed by atoms with Crippen LogP contribution >= 0.6 is 0 Å². The summed E-state index contributed by atoms with van der Waals surface area (Å²) >= 11 is 0. The molecule has 3 aromatic carbocycles. The second-order valence-corrected chi connectivity index (χ2v) is 8.09. The molecule has 4 nitrogen and oxygen atoms in total. The highest BCUT2D eigenvalue weighted by atomic mass is 16.2. The van der Waals surface area contributed by atoms with E-state index in [2.05, 4.69) is 61.2 Å². The summed E-state index contributed by atoms with van der Waals surface area (Å²) in [5, 5.41) is 2.39. The Balaban J connectivity index is 1.40. The van der Waals surface area contributed by atoms with E-state index in [1.165, 1.54) is 16.8 Å². The van der Waals surface area contributed by atoms with Crippen LogP contribution in [-0.4, -0.2) is 40.7 Å². The van der Waals surface area contributed by atoms with Gasteiger partial charge in [-0.3, -0.25) is 9.59 Å². The summed E-state index contributed by atoms with van der Waals surface area (Å²) < 4.78 is 0. The lowest BCUT2D eigenvalue weighted by Gasteiger charge is -2.36. The van der Waals surface area contributed by atoms with Crippen LogP contribution in [0.25, 0.3) is 21.9 Å². The molecule has 1 fully saturated rings. The largest absolute Gasteiger partial charge is 0.339 e. The fraction of sp³-hybridized carbons (Fsp3) is 0.231. The lowest BCUT2D eigenvalue weighted by Crippen LogP contribution is -2.46. The van der Waals surface area contributed by atoms with Crippen molar-refractivity contribution in [1.29, 1.82) is 0 Å². The fourth-order valence-electron chi connectivity index (χ4n) is 4.79. The molecule has 3 aromatic rings. The number of fused-ring (bicyclic) bond motifs is 2. The smallest absolute Gasteiger partial charge is 0.254 e. The van der Waals surface area contributed by atoms with Crippen molar-refractivity contribution in [3.05, 3.63) is 84.4 Å². The first-order valence-corrected chi connectivity index (χ1v) is 10.5. The Bertz CT molecular complexity index is 1150. The highest BCUT2D eigenvalue weighted by molar-refractivity contribution is 6.02. The third-order valence-electron chi connectivity index (χ3n) is 6.43. The highest BCUT2D eigenvalue weighted by Crippen LogP contribution is 2.34. The zero-order valence-corrected chi connectivity index (χ0v) is 16.9. The number of rotatable bonds is 3. The molecule has 150 valence electrons. The molecule has 0 radical (unpaired) electrons. The molecule has 0 N–H and O–H groups in total. The van der Waals surface area contributed by atoms with Crippen LogP contribution in [-0.2, 0) is 11.3 Å². The number of carbonyl (C=O) groups is 2. The molecule has 0 unspecified atom stereocenters. The maximum Gasteiger partial charge on any atom is 0.254 e. The number of nitrogens with zero attached hydrogens (tertiary/aromatic N) is 2. The number of likely N-dealkylation sites (tertiary alicyclic amines) is 1. The molecule has 0 aliphatic carbocycles. The minimum absolute atomic E-state index is 0.0239. The summed E-state index contributed by atoms with van der Waals surface area (Å²) in [4.78, 5) is 28.9. The lowest BCUT2D eigenvalue weighted by atomic mass is 9.96. The van der Waals surface area contributed by atoms with Crippen molar-refractivity contribution >= 4 is 22.6 Å². The topological polar surface area (TPSA) is 40.6 Å². The fourth-order valence-corrected chi connectivity index (χ4v) is 4.79. The average Bonchev–Trinajstić information content (AvgIpc) is 3.14. The molecule has 4 heteroatoms. The van der Waals surface area contributed by atoms with Gasteiger partial charge in [-0.05, 0) is 52.4 Å². The van der Waals surface area contributed by atoms with E-state index in [4.69, 9.17) is 0 Å². The number of benzene rings is 3. The third-order valence-corrected chi connectivity index (χ3v) is 6.43. The van der Waals surface area contributed by atoms with E-state index in [9.17, 15) is 9.59 Å². The van der Waals surface area contributed by atoms with E-state index in [0.29, 0.717) is 19.6 Å². The predicted octanol–water partition coefficient (Wildman–Crippen LogP) is 4.64. The van der Waals surface area contributed by atoms with E-state index in [1.54, 1.807) is 0 Å². The number of hydrogen-bond acceptors (Lipinski definition) is 2. The van der Waals surface area contributed by atoms with Gasteiger partial charge in [0.15, 0.2) is 0 Å². The zero-order valence-electron chi connectivity index (χ0n) is 16.9. The number of amides is 2. The van der Waals surface area contributed by atoms with Crippen LogP contribution in [0.15, 0.2) is 73.3 Å². The summed E-state index contributed by atoms with van der Waals surface area (Å²) in [5.74, 6) is 0.0878. The van der Waals surface area contributed by atoms with Gasteiger partial charge in [0, 0.05) is 31.2 Å². The molecule has 0 bridgehead atoms. The van der Waals surface area contributed by atoms with Crippen molar-refractivity contribution in [2.24, 2.45) is 0 Å². The van der Waals surface area contributed by atoms with Crippen molar-refractivity contribution in [2.45, 2.75) is 25.4 Å². The monoisotopic (exact) mass is 396 g/mol. The first-order valence-electron chi connectivity index (χ1n) is 10.5. The van der Waals surface area contributed by atoms with E-state index in [0.717, 1.165) is 35.1 Å². The number of piperidine rings is 1. The first-order chi connectivity index (χ1) is 14.7. The summed E-state index contributed by atoms with van der Waals surface area (Å²) in [7, 11) is 0. The molecule has 2 heterocycles. The van der Waals surface area contributed by atoms with Crippen LogP contribution in [0.3, 0.4) is 0 Å². The van der Waals surface area contributed by atoms with Gasteiger partial charge in [0.05, 0.1) is 0 Å². The van der Waals surface area contributed by atoms with Gasteiger partial charge in [0.2, 0.25) is 5.91 Å². The van der Waals surface area contributed by atoms with Crippen LogP contribution in [0, 0.1) is 0 Å². The molecule has 2 aliphatic rings. The molecule has 0 atom stereocenters. The predicted molar refractivity (Wildman–Crippen MR) is 119 cm³/mol. The van der Waals surface area contributed by atoms with Gasteiger partial charge in [-0.1, -0.05) is 61.2 Å². The Kier molecular flexibility index (Phi) is 4.62. The molecule has 2 aliphatic heterocycles. The van der Waals surface area contributed by atoms with Crippen molar-refractivity contribution in [2.75, 3.05) is 13.1 Å². The Morgan fingerprint density at radius 1 is 0.967 bits per heavy atom. The molecule has 5 rings (SSSR count). The van der Waals surface area contributed by atoms with Crippen LogP contribution in [0.2, 0.25) is 0 Å². The van der Waals surface area contributed by atoms with E-state index in [-0.39, 0.29) is 17.9 Å².